The number of ketones is 1. The van der Waals surface area contributed by atoms with E-state index in [4.69, 9.17) is 4.74 Å². The van der Waals surface area contributed by atoms with E-state index in [2.05, 4.69) is 20.1 Å². The van der Waals surface area contributed by atoms with Crippen LogP contribution in [-0.4, -0.2) is 40.3 Å². The summed E-state index contributed by atoms with van der Waals surface area (Å²) in [5.74, 6) is -0.0927. The zero-order chi connectivity index (χ0) is 15.0. The number of hydrogen-bond donors (Lipinski definition) is 0. The predicted molar refractivity (Wildman–Crippen MR) is 79.3 cm³/mol. The maximum Gasteiger partial charge on any atom is 0.264 e. The fourth-order valence-corrected chi connectivity index (χ4v) is 2.37. The normalized spacial score (nSPS) is 11.5. The van der Waals surface area contributed by atoms with Gasteiger partial charge in [0.15, 0.2) is 5.78 Å². The van der Waals surface area contributed by atoms with Crippen LogP contribution in [0.1, 0.15) is 23.2 Å². The van der Waals surface area contributed by atoms with Gasteiger partial charge in [0.1, 0.15) is 6.61 Å². The summed E-state index contributed by atoms with van der Waals surface area (Å²) in [4.78, 5) is 11.8. The van der Waals surface area contributed by atoms with Gasteiger partial charge in [0.05, 0.1) is 12.9 Å². The van der Waals surface area contributed by atoms with E-state index in [9.17, 15) is 13.2 Å². The first-order chi connectivity index (χ1) is 9.40. The summed E-state index contributed by atoms with van der Waals surface area (Å²) >= 11 is 3.31. The fraction of sp³-hybridized carbons (Fsp3) is 0.462. The van der Waals surface area contributed by atoms with Gasteiger partial charge in [-0.1, -0.05) is 34.1 Å². The molecule has 7 heteroatoms. The third kappa shape index (κ3) is 7.14. The number of halogens is 1. The van der Waals surface area contributed by atoms with Gasteiger partial charge in [-0.25, -0.2) is 0 Å². The van der Waals surface area contributed by atoms with Crippen LogP contribution in [0.3, 0.4) is 0 Å². The molecule has 0 spiro atoms. The van der Waals surface area contributed by atoms with E-state index >= 15 is 0 Å². The Balaban J connectivity index is 2.16. The van der Waals surface area contributed by atoms with Crippen LogP contribution in [0.25, 0.3) is 0 Å². The van der Waals surface area contributed by atoms with E-state index in [1.807, 2.05) is 6.07 Å². The molecule has 0 N–H and O–H groups in total. The van der Waals surface area contributed by atoms with Gasteiger partial charge >= 0.3 is 0 Å². The third-order valence-electron chi connectivity index (χ3n) is 2.39. The zero-order valence-electron chi connectivity index (χ0n) is 11.2. The number of benzene rings is 1. The number of hydrogen-bond acceptors (Lipinski definition) is 5. The lowest BCUT2D eigenvalue weighted by Crippen LogP contribution is -2.11. The van der Waals surface area contributed by atoms with Crippen molar-refractivity contribution < 1.29 is 22.1 Å². The highest BCUT2D eigenvalue weighted by Gasteiger charge is 2.09. The van der Waals surface area contributed by atoms with Crippen LogP contribution in [0.2, 0.25) is 0 Å². The van der Waals surface area contributed by atoms with Gasteiger partial charge in [0, 0.05) is 16.6 Å². The van der Waals surface area contributed by atoms with Crippen molar-refractivity contribution in [3.05, 3.63) is 34.3 Å². The molecule has 0 heterocycles. The van der Waals surface area contributed by atoms with Gasteiger partial charge in [0.2, 0.25) is 0 Å². The number of unbranched alkanes of at least 4 members (excludes halogenated alkanes) is 1. The highest BCUT2D eigenvalue weighted by atomic mass is 79.9. The van der Waals surface area contributed by atoms with Crippen molar-refractivity contribution in [2.75, 3.05) is 26.1 Å². The standard InChI is InChI=1S/C13H17BrO5S/c1-20(16,17)19-9-5-4-8-18-10-13(15)11-6-2-3-7-12(11)14/h2-3,6-7H,4-5,8-10H2,1H3. The van der Waals surface area contributed by atoms with Crippen molar-refractivity contribution in [3.63, 3.8) is 0 Å². The fourth-order valence-electron chi connectivity index (χ4n) is 1.45. The Bertz CT molecular complexity index is 541. The maximum atomic E-state index is 11.8. The van der Waals surface area contributed by atoms with Crippen molar-refractivity contribution >= 4 is 31.8 Å². The Kier molecular flexibility index (Phi) is 7.36. The maximum absolute atomic E-state index is 11.8. The second-order valence-electron chi connectivity index (χ2n) is 4.19. The largest absolute Gasteiger partial charge is 0.373 e. The molecule has 0 fully saturated rings. The smallest absolute Gasteiger partial charge is 0.264 e. The van der Waals surface area contributed by atoms with Gasteiger partial charge in [-0.2, -0.15) is 8.42 Å². The second-order valence-corrected chi connectivity index (χ2v) is 6.69. The molecule has 0 amide bonds. The van der Waals surface area contributed by atoms with E-state index in [-0.39, 0.29) is 19.0 Å². The number of carbonyl (C=O) groups is 1. The molecule has 0 unspecified atom stereocenters. The van der Waals surface area contributed by atoms with Crippen LogP contribution >= 0.6 is 15.9 Å². The topological polar surface area (TPSA) is 69.7 Å². The van der Waals surface area contributed by atoms with Gasteiger partial charge in [0.25, 0.3) is 10.1 Å². The van der Waals surface area contributed by atoms with Gasteiger partial charge in [-0.15, -0.1) is 0 Å². The van der Waals surface area contributed by atoms with Crippen molar-refractivity contribution in [1.29, 1.82) is 0 Å². The number of ether oxygens (including phenoxy) is 1. The first-order valence-electron chi connectivity index (χ1n) is 6.10. The summed E-state index contributed by atoms with van der Waals surface area (Å²) in [7, 11) is -3.37. The van der Waals surface area contributed by atoms with Gasteiger partial charge in [-0.05, 0) is 18.9 Å². The molecule has 1 aromatic rings. The van der Waals surface area contributed by atoms with Crippen molar-refractivity contribution in [3.8, 4) is 0 Å². The average Bonchev–Trinajstić information content (AvgIpc) is 2.36. The molecule has 0 aliphatic carbocycles. The Labute approximate surface area is 127 Å². The van der Waals surface area contributed by atoms with Gasteiger partial charge in [-0.3, -0.25) is 8.98 Å². The highest BCUT2D eigenvalue weighted by Crippen LogP contribution is 2.16. The second kappa shape index (κ2) is 8.51. The molecule has 0 atom stereocenters. The zero-order valence-corrected chi connectivity index (χ0v) is 13.6. The molecular formula is C13H17BrO5S. The summed E-state index contributed by atoms with van der Waals surface area (Å²) in [6, 6.07) is 7.16. The Morgan fingerprint density at radius 2 is 1.85 bits per heavy atom. The number of Topliss-reactive ketones (excluding diaryl/α,β-unsaturated/α-hetero) is 1. The van der Waals surface area contributed by atoms with Crippen LogP contribution in [0.4, 0.5) is 0 Å². The van der Waals surface area contributed by atoms with Gasteiger partial charge < -0.3 is 4.74 Å². The summed E-state index contributed by atoms with van der Waals surface area (Å²) in [6.45, 7) is 0.541. The summed E-state index contributed by atoms with van der Waals surface area (Å²) in [6.07, 6.45) is 2.22. The minimum Gasteiger partial charge on any atom is -0.373 e. The Morgan fingerprint density at radius 3 is 2.50 bits per heavy atom. The minimum atomic E-state index is -3.37. The molecular weight excluding hydrogens is 348 g/mol. The number of rotatable bonds is 9. The molecule has 0 aliphatic heterocycles. The van der Waals surface area contributed by atoms with Crippen molar-refractivity contribution in [2.24, 2.45) is 0 Å². The molecule has 0 radical (unpaired) electrons. The molecule has 0 aliphatic rings. The van der Waals surface area contributed by atoms with Crippen molar-refractivity contribution in [1.82, 2.24) is 0 Å². The molecule has 1 aromatic carbocycles. The number of carbonyl (C=O) groups excluding carboxylic acids is 1. The monoisotopic (exact) mass is 364 g/mol. The first kappa shape index (κ1) is 17.3. The lowest BCUT2D eigenvalue weighted by atomic mass is 10.1. The molecule has 1 rings (SSSR count). The van der Waals surface area contributed by atoms with E-state index < -0.39 is 10.1 Å². The molecule has 0 saturated carbocycles. The van der Waals surface area contributed by atoms with E-state index in [1.54, 1.807) is 18.2 Å². The molecule has 20 heavy (non-hydrogen) atoms. The average molecular weight is 365 g/mol. The van der Waals surface area contributed by atoms with Crippen LogP contribution in [-0.2, 0) is 19.0 Å². The lowest BCUT2D eigenvalue weighted by molar-refractivity contribution is 0.0748. The minimum absolute atomic E-state index is 0.00947. The lowest BCUT2D eigenvalue weighted by Gasteiger charge is -2.05. The van der Waals surface area contributed by atoms with Crippen LogP contribution in [0.15, 0.2) is 28.7 Å². The molecule has 0 saturated heterocycles. The van der Waals surface area contributed by atoms with E-state index in [0.717, 1.165) is 10.7 Å². The Hall–Kier alpha value is -0.760. The van der Waals surface area contributed by atoms with Crippen LogP contribution in [0.5, 0.6) is 0 Å². The van der Waals surface area contributed by atoms with Crippen molar-refractivity contribution in [2.45, 2.75) is 12.8 Å². The molecule has 0 bridgehead atoms. The quantitative estimate of drug-likeness (QED) is 0.382. The highest BCUT2D eigenvalue weighted by molar-refractivity contribution is 9.10. The van der Waals surface area contributed by atoms with Crippen LogP contribution in [0, 0.1) is 0 Å². The molecule has 112 valence electrons. The summed E-state index contributed by atoms with van der Waals surface area (Å²) in [5, 5.41) is 0. The van der Waals surface area contributed by atoms with Crippen LogP contribution < -0.4 is 0 Å². The third-order valence-corrected chi connectivity index (χ3v) is 3.67. The summed E-state index contributed by atoms with van der Waals surface area (Å²) < 4.78 is 32.0. The SMILES string of the molecule is CS(=O)(=O)OCCCCOCC(=O)c1ccccc1Br. The Morgan fingerprint density at radius 1 is 1.20 bits per heavy atom. The summed E-state index contributed by atoms with van der Waals surface area (Å²) in [5.41, 5.74) is 0.591. The van der Waals surface area contributed by atoms with E-state index in [1.165, 1.54) is 0 Å². The molecule has 5 nitrogen and oxygen atoms in total. The van der Waals surface area contributed by atoms with E-state index in [0.29, 0.717) is 25.0 Å². The first-order valence-corrected chi connectivity index (χ1v) is 8.71. The molecule has 0 aromatic heterocycles. The predicted octanol–water partition coefficient (Wildman–Crippen LogP) is 2.40.